The van der Waals surface area contributed by atoms with Crippen LogP contribution in [0.15, 0.2) is 0 Å². The Balaban J connectivity index is 5.25. The Bertz CT molecular complexity index is 591. The van der Waals surface area contributed by atoms with E-state index in [0.717, 1.165) is 0 Å². The van der Waals surface area contributed by atoms with Crippen molar-refractivity contribution >= 4 is 36.3 Å². The van der Waals surface area contributed by atoms with Gasteiger partial charge in [-0.3, -0.25) is 14.4 Å². The topological polar surface area (TPSA) is 217 Å². The van der Waals surface area contributed by atoms with Gasteiger partial charge >= 0.3 is 5.97 Å². The molecule has 0 bridgehead atoms. The van der Waals surface area contributed by atoms with Crippen LogP contribution in [-0.2, 0) is 19.2 Å². The maximum absolute atomic E-state index is 12.5. The molecule has 0 aliphatic carbocycles. The molecule has 0 fully saturated rings. The van der Waals surface area contributed by atoms with E-state index in [-0.39, 0.29) is 12.2 Å². The Morgan fingerprint density at radius 2 is 1.37 bits per heavy atom. The smallest absolute Gasteiger partial charge is 0.326 e. The Morgan fingerprint density at radius 3 is 1.77 bits per heavy atom. The molecule has 174 valence electrons. The monoisotopic (exact) mass is 451 g/mol. The molecule has 6 unspecified atom stereocenters. The predicted molar refractivity (Wildman–Crippen MR) is 112 cm³/mol. The summed E-state index contributed by atoms with van der Waals surface area (Å²) in [5.74, 6) is -3.90. The van der Waals surface area contributed by atoms with Crippen molar-refractivity contribution in [2.45, 2.75) is 69.5 Å². The van der Waals surface area contributed by atoms with Crippen LogP contribution < -0.4 is 27.4 Å². The first kappa shape index (κ1) is 28.1. The molecule has 12 nitrogen and oxygen atoms in total. The second-order valence-electron chi connectivity index (χ2n) is 6.93. The average molecular weight is 452 g/mol. The zero-order valence-electron chi connectivity index (χ0n) is 17.1. The van der Waals surface area contributed by atoms with E-state index >= 15 is 0 Å². The number of nitrogens with one attached hydrogen (secondary N) is 3. The molecule has 0 aliphatic rings. The number of amides is 3. The van der Waals surface area contributed by atoms with Crippen molar-refractivity contribution in [3.8, 4) is 0 Å². The first-order valence-corrected chi connectivity index (χ1v) is 10.2. The van der Waals surface area contributed by atoms with Crippen molar-refractivity contribution in [1.82, 2.24) is 16.0 Å². The van der Waals surface area contributed by atoms with Gasteiger partial charge in [0.05, 0.1) is 18.2 Å². The van der Waals surface area contributed by atoms with Crippen LogP contribution in [0.3, 0.4) is 0 Å². The molecule has 30 heavy (non-hydrogen) atoms. The number of aliphatic hydroxyl groups is 2. The quantitative estimate of drug-likeness (QED) is 0.0951. The van der Waals surface area contributed by atoms with Gasteiger partial charge in [-0.15, -0.1) is 0 Å². The first-order chi connectivity index (χ1) is 14.0. The van der Waals surface area contributed by atoms with Gasteiger partial charge in [-0.25, -0.2) is 4.79 Å². The van der Waals surface area contributed by atoms with Crippen LogP contribution in [0.5, 0.6) is 0 Å². The van der Waals surface area contributed by atoms with Gasteiger partial charge in [-0.05, 0) is 39.7 Å². The number of rotatable bonds is 14. The van der Waals surface area contributed by atoms with Gasteiger partial charge in [-0.2, -0.15) is 12.6 Å². The summed E-state index contributed by atoms with van der Waals surface area (Å²) in [6.07, 6.45) is -1.59. The zero-order chi connectivity index (χ0) is 23.4. The van der Waals surface area contributed by atoms with Crippen LogP contribution in [0.1, 0.15) is 33.1 Å². The zero-order valence-corrected chi connectivity index (χ0v) is 18.0. The molecule has 6 atom stereocenters. The highest BCUT2D eigenvalue weighted by atomic mass is 32.1. The Labute approximate surface area is 180 Å². The van der Waals surface area contributed by atoms with Gasteiger partial charge in [0.25, 0.3) is 0 Å². The van der Waals surface area contributed by atoms with Crippen LogP contribution in [0, 0.1) is 0 Å². The van der Waals surface area contributed by atoms with Gasteiger partial charge in [-0.1, -0.05) is 0 Å². The maximum atomic E-state index is 12.5. The van der Waals surface area contributed by atoms with E-state index in [0.29, 0.717) is 19.4 Å². The number of unbranched alkanes of at least 4 members (excludes halogenated alkanes) is 1. The minimum absolute atomic E-state index is 0.000575. The molecule has 0 radical (unpaired) electrons. The average Bonchev–Trinajstić information content (AvgIpc) is 2.67. The van der Waals surface area contributed by atoms with Crippen molar-refractivity contribution in [2.75, 3.05) is 12.3 Å². The summed E-state index contributed by atoms with van der Waals surface area (Å²) < 4.78 is 0. The molecule has 0 saturated carbocycles. The summed E-state index contributed by atoms with van der Waals surface area (Å²) in [5, 5.41) is 35.7. The molecule has 0 saturated heterocycles. The van der Waals surface area contributed by atoms with E-state index in [4.69, 9.17) is 11.5 Å². The Morgan fingerprint density at radius 1 is 0.900 bits per heavy atom. The number of hydrogen-bond donors (Lipinski definition) is 9. The third-order valence-electron chi connectivity index (χ3n) is 4.22. The highest BCUT2D eigenvalue weighted by Gasteiger charge is 2.34. The van der Waals surface area contributed by atoms with Crippen LogP contribution in [0.2, 0.25) is 0 Å². The summed E-state index contributed by atoms with van der Waals surface area (Å²) in [5.41, 5.74) is 10.9. The van der Waals surface area contributed by atoms with Crippen molar-refractivity contribution in [1.29, 1.82) is 0 Å². The second kappa shape index (κ2) is 14.1. The van der Waals surface area contributed by atoms with Gasteiger partial charge in [0.15, 0.2) is 0 Å². The molecule has 3 amide bonds. The molecule has 0 spiro atoms. The van der Waals surface area contributed by atoms with Crippen molar-refractivity contribution in [3.05, 3.63) is 0 Å². The lowest BCUT2D eigenvalue weighted by Crippen LogP contribution is -2.62. The van der Waals surface area contributed by atoms with E-state index in [9.17, 15) is 34.5 Å². The lowest BCUT2D eigenvalue weighted by molar-refractivity contribution is -0.143. The number of aliphatic hydroxyl groups excluding tert-OH is 2. The minimum Gasteiger partial charge on any atom is -0.480 e. The fourth-order valence-corrected chi connectivity index (χ4v) is 2.57. The summed E-state index contributed by atoms with van der Waals surface area (Å²) in [6.45, 7) is 2.84. The molecule has 10 N–H and O–H groups in total. The largest absolute Gasteiger partial charge is 0.480 e. The molecular weight excluding hydrogens is 418 g/mol. The number of carboxylic acid groups (broad SMARTS) is 1. The number of hydrogen-bond acceptors (Lipinski definition) is 9. The van der Waals surface area contributed by atoms with E-state index in [2.05, 4.69) is 28.6 Å². The Hall–Kier alpha value is -1.93. The van der Waals surface area contributed by atoms with Crippen molar-refractivity contribution in [3.63, 3.8) is 0 Å². The van der Waals surface area contributed by atoms with Crippen LogP contribution in [0.4, 0.5) is 0 Å². The number of thiol groups is 1. The number of carboxylic acids is 1. The minimum atomic E-state index is -1.52. The molecule has 0 heterocycles. The summed E-state index contributed by atoms with van der Waals surface area (Å²) >= 11 is 3.88. The van der Waals surface area contributed by atoms with E-state index in [1.54, 1.807) is 0 Å². The fraction of sp³-hybridized carbons (Fsp3) is 0.765. The highest BCUT2D eigenvalue weighted by molar-refractivity contribution is 7.80. The number of aliphatic carboxylic acids is 1. The fourth-order valence-electron chi connectivity index (χ4n) is 2.41. The summed E-state index contributed by atoms with van der Waals surface area (Å²) in [4.78, 5) is 48.3. The normalized spacial score (nSPS) is 17.0. The van der Waals surface area contributed by atoms with E-state index in [1.807, 2.05) is 0 Å². The summed E-state index contributed by atoms with van der Waals surface area (Å²) in [6, 6.07) is -5.24. The van der Waals surface area contributed by atoms with Gasteiger partial charge in [0, 0.05) is 5.75 Å². The highest BCUT2D eigenvalue weighted by Crippen LogP contribution is 2.04. The standard InChI is InChI=1S/C17H33N5O7S/c1-8(23)12(15(26)20-11(17(28)29)5-3-4-6-18)22-16(27)13(9(2)24)21-14(25)10(19)7-30/h8-13,23-24,30H,3-7,18-19H2,1-2H3,(H,20,26)(H,21,25)(H,22,27)(H,28,29). The van der Waals surface area contributed by atoms with Crippen LogP contribution in [0.25, 0.3) is 0 Å². The lowest BCUT2D eigenvalue weighted by Gasteiger charge is -2.27. The maximum Gasteiger partial charge on any atom is 0.326 e. The van der Waals surface area contributed by atoms with Crippen molar-refractivity contribution in [2.24, 2.45) is 11.5 Å². The lowest BCUT2D eigenvalue weighted by atomic mass is 10.1. The number of carbonyl (C=O) groups is 4. The third kappa shape index (κ3) is 9.71. The molecule has 0 aliphatic heterocycles. The molecule has 13 heteroatoms. The van der Waals surface area contributed by atoms with Gasteiger partial charge < -0.3 is 42.7 Å². The van der Waals surface area contributed by atoms with Crippen LogP contribution in [-0.4, -0.2) is 87.7 Å². The van der Waals surface area contributed by atoms with Gasteiger partial charge in [0.2, 0.25) is 17.7 Å². The van der Waals surface area contributed by atoms with Gasteiger partial charge in [0.1, 0.15) is 18.1 Å². The summed E-state index contributed by atoms with van der Waals surface area (Å²) in [7, 11) is 0. The van der Waals surface area contributed by atoms with E-state index in [1.165, 1.54) is 13.8 Å². The molecule has 0 aromatic heterocycles. The Kier molecular flexibility index (Phi) is 13.2. The SMILES string of the molecule is CC(O)C(NC(=O)C(N)CS)C(=O)NC(C(=O)NC(CCCCN)C(=O)O)C(C)O. The molecular formula is C17H33N5O7S. The van der Waals surface area contributed by atoms with E-state index < -0.39 is 60.1 Å². The predicted octanol–water partition coefficient (Wildman–Crippen LogP) is -3.33. The molecule has 0 aromatic rings. The molecule has 0 rings (SSSR count). The second-order valence-corrected chi connectivity index (χ2v) is 7.29. The molecule has 0 aromatic carbocycles. The number of nitrogens with two attached hydrogens (primary N) is 2. The first-order valence-electron chi connectivity index (χ1n) is 9.52. The van der Waals surface area contributed by atoms with Crippen molar-refractivity contribution < 1.29 is 34.5 Å². The third-order valence-corrected chi connectivity index (χ3v) is 4.61. The van der Waals surface area contributed by atoms with Crippen LogP contribution >= 0.6 is 12.6 Å². The number of carbonyl (C=O) groups excluding carboxylic acids is 3.